The Hall–Kier alpha value is -2.60. The molecule has 0 saturated carbocycles. The monoisotopic (exact) mass is 364 g/mol. The molecule has 0 unspecified atom stereocenters. The molecule has 2 rings (SSSR count). The van der Waals surface area contributed by atoms with Crippen molar-refractivity contribution in [3.63, 3.8) is 0 Å². The molecule has 2 aromatic rings. The first-order chi connectivity index (χ1) is 11.9. The molecule has 0 atom stereocenters. The Balaban J connectivity index is 2.09. The lowest BCUT2D eigenvalue weighted by Gasteiger charge is -2.21. The normalized spacial score (nSPS) is 10.2. The van der Waals surface area contributed by atoms with E-state index in [1.807, 2.05) is 0 Å². The Bertz CT molecular complexity index is 783. The van der Waals surface area contributed by atoms with Crippen molar-refractivity contribution in [3.8, 4) is 5.75 Å². The Morgan fingerprint density at radius 1 is 1.24 bits per heavy atom. The fourth-order valence-electron chi connectivity index (χ4n) is 2.25. The molecule has 25 heavy (non-hydrogen) atoms. The molecule has 2 amide bonds. The number of halogens is 2. The van der Waals surface area contributed by atoms with Gasteiger partial charge in [-0.3, -0.25) is 9.59 Å². The second-order valence-electron chi connectivity index (χ2n) is 5.36. The number of carbonyl (C=O) groups excluding carboxylic acids is 2. The van der Waals surface area contributed by atoms with Gasteiger partial charge >= 0.3 is 0 Å². The maximum Gasteiger partial charge on any atom is 0.244 e. The van der Waals surface area contributed by atoms with Crippen LogP contribution >= 0.6 is 11.6 Å². The highest BCUT2D eigenvalue weighted by Gasteiger charge is 2.17. The summed E-state index contributed by atoms with van der Waals surface area (Å²) in [5.41, 5.74) is 0.736. The van der Waals surface area contributed by atoms with Crippen LogP contribution in [0.15, 0.2) is 42.5 Å². The topological polar surface area (TPSA) is 58.6 Å². The number of hydrogen-bond acceptors (Lipinski definition) is 3. The van der Waals surface area contributed by atoms with E-state index in [-0.39, 0.29) is 19.0 Å². The van der Waals surface area contributed by atoms with Crippen molar-refractivity contribution in [2.75, 3.05) is 19.0 Å². The zero-order valence-corrected chi connectivity index (χ0v) is 14.6. The molecular weight excluding hydrogens is 347 g/mol. The van der Waals surface area contributed by atoms with Gasteiger partial charge in [0.2, 0.25) is 11.8 Å². The van der Waals surface area contributed by atoms with E-state index >= 15 is 0 Å². The van der Waals surface area contributed by atoms with Crippen molar-refractivity contribution in [2.45, 2.75) is 13.5 Å². The standard InChI is InChI=1S/C18H18ClFN2O3/c1-12(23)22(10-13-5-3-4-6-15(13)20)11-18(24)21-16-9-14(19)7-8-17(16)25-2/h3-9H,10-11H2,1-2H3,(H,21,24). The van der Waals surface area contributed by atoms with Crippen LogP contribution in [0.5, 0.6) is 5.75 Å². The van der Waals surface area contributed by atoms with E-state index in [9.17, 15) is 14.0 Å². The van der Waals surface area contributed by atoms with Gasteiger partial charge in [0, 0.05) is 24.1 Å². The van der Waals surface area contributed by atoms with Gasteiger partial charge in [0.1, 0.15) is 18.1 Å². The van der Waals surface area contributed by atoms with Crippen LogP contribution in [0.1, 0.15) is 12.5 Å². The van der Waals surface area contributed by atoms with Crippen molar-refractivity contribution < 1.29 is 18.7 Å². The highest BCUT2D eigenvalue weighted by atomic mass is 35.5. The number of methoxy groups -OCH3 is 1. The highest BCUT2D eigenvalue weighted by molar-refractivity contribution is 6.31. The number of hydrogen-bond donors (Lipinski definition) is 1. The maximum absolute atomic E-state index is 13.8. The summed E-state index contributed by atoms with van der Waals surface area (Å²) in [6, 6.07) is 10.9. The summed E-state index contributed by atoms with van der Waals surface area (Å²) in [6.45, 7) is 1.11. The van der Waals surface area contributed by atoms with Gasteiger partial charge in [0.15, 0.2) is 0 Å². The first-order valence-corrected chi connectivity index (χ1v) is 7.91. The number of anilines is 1. The molecule has 7 heteroatoms. The van der Waals surface area contributed by atoms with Gasteiger partial charge in [-0.2, -0.15) is 0 Å². The van der Waals surface area contributed by atoms with Crippen LogP contribution in [-0.4, -0.2) is 30.4 Å². The molecule has 0 aromatic heterocycles. The van der Waals surface area contributed by atoms with Gasteiger partial charge in [0.05, 0.1) is 12.8 Å². The average Bonchev–Trinajstić information content (AvgIpc) is 2.56. The molecule has 0 aliphatic rings. The van der Waals surface area contributed by atoms with Crippen molar-refractivity contribution >= 4 is 29.1 Å². The Labute approximate surface area is 150 Å². The van der Waals surface area contributed by atoms with E-state index in [0.717, 1.165) is 0 Å². The first-order valence-electron chi connectivity index (χ1n) is 7.53. The Morgan fingerprint density at radius 3 is 2.60 bits per heavy atom. The quantitative estimate of drug-likeness (QED) is 0.853. The summed E-state index contributed by atoms with van der Waals surface area (Å²) in [6.07, 6.45) is 0. The predicted octanol–water partition coefficient (Wildman–Crippen LogP) is 3.47. The van der Waals surface area contributed by atoms with Gasteiger partial charge in [0.25, 0.3) is 0 Å². The average molecular weight is 365 g/mol. The number of carbonyl (C=O) groups is 2. The van der Waals surface area contributed by atoms with E-state index in [1.165, 1.54) is 25.0 Å². The van der Waals surface area contributed by atoms with E-state index < -0.39 is 11.7 Å². The van der Waals surface area contributed by atoms with E-state index in [1.54, 1.807) is 36.4 Å². The molecule has 2 aromatic carbocycles. The third-order valence-corrected chi connectivity index (χ3v) is 3.77. The van der Waals surface area contributed by atoms with Crippen molar-refractivity contribution in [1.82, 2.24) is 4.90 Å². The summed E-state index contributed by atoms with van der Waals surface area (Å²) >= 11 is 5.93. The summed E-state index contributed by atoms with van der Waals surface area (Å²) in [5, 5.41) is 3.09. The fraction of sp³-hybridized carbons (Fsp3) is 0.222. The van der Waals surface area contributed by atoms with Crippen LogP contribution < -0.4 is 10.1 Å². The van der Waals surface area contributed by atoms with Crippen LogP contribution in [0.3, 0.4) is 0 Å². The molecule has 0 radical (unpaired) electrons. The largest absolute Gasteiger partial charge is 0.495 e. The van der Waals surface area contributed by atoms with Crippen molar-refractivity contribution in [1.29, 1.82) is 0 Å². The smallest absolute Gasteiger partial charge is 0.244 e. The predicted molar refractivity (Wildman–Crippen MR) is 94.1 cm³/mol. The molecule has 0 fully saturated rings. The van der Waals surface area contributed by atoms with Crippen molar-refractivity contribution in [2.24, 2.45) is 0 Å². The molecule has 1 N–H and O–H groups in total. The zero-order chi connectivity index (χ0) is 18.4. The summed E-state index contributed by atoms with van der Waals surface area (Å²) < 4.78 is 18.9. The van der Waals surface area contributed by atoms with E-state index in [2.05, 4.69) is 5.32 Å². The fourth-order valence-corrected chi connectivity index (χ4v) is 2.42. The minimum Gasteiger partial charge on any atom is -0.495 e. The Morgan fingerprint density at radius 2 is 1.96 bits per heavy atom. The second-order valence-corrected chi connectivity index (χ2v) is 5.80. The zero-order valence-electron chi connectivity index (χ0n) is 13.9. The van der Waals surface area contributed by atoms with Gasteiger partial charge < -0.3 is 15.0 Å². The molecule has 0 saturated heterocycles. The summed E-state index contributed by atoms with van der Waals surface area (Å²) in [4.78, 5) is 25.3. The third kappa shape index (κ3) is 5.19. The number of rotatable bonds is 6. The van der Waals surface area contributed by atoms with E-state index in [4.69, 9.17) is 16.3 Å². The van der Waals surface area contributed by atoms with Gasteiger partial charge in [-0.05, 0) is 24.3 Å². The maximum atomic E-state index is 13.8. The van der Waals surface area contributed by atoms with Crippen LogP contribution in [0.4, 0.5) is 10.1 Å². The summed E-state index contributed by atoms with van der Waals surface area (Å²) in [7, 11) is 1.47. The number of ether oxygens (including phenoxy) is 1. The molecule has 0 heterocycles. The number of benzene rings is 2. The Kier molecular flexibility index (Phi) is 6.36. The molecular formula is C18H18ClFN2O3. The number of nitrogens with zero attached hydrogens (tertiary/aromatic N) is 1. The van der Waals surface area contributed by atoms with Crippen molar-refractivity contribution in [3.05, 3.63) is 58.9 Å². The second kappa shape index (κ2) is 8.48. The summed E-state index contributed by atoms with van der Waals surface area (Å²) in [5.74, 6) is -0.754. The molecule has 5 nitrogen and oxygen atoms in total. The lowest BCUT2D eigenvalue weighted by atomic mass is 10.2. The molecule has 0 aliphatic heterocycles. The minimum absolute atomic E-state index is 0.00209. The first kappa shape index (κ1) is 18.7. The highest BCUT2D eigenvalue weighted by Crippen LogP contribution is 2.27. The van der Waals surface area contributed by atoms with Crippen LogP contribution in [-0.2, 0) is 16.1 Å². The SMILES string of the molecule is COc1ccc(Cl)cc1NC(=O)CN(Cc1ccccc1F)C(C)=O. The molecule has 0 spiro atoms. The molecule has 0 aliphatic carbocycles. The minimum atomic E-state index is -0.438. The lowest BCUT2D eigenvalue weighted by molar-refractivity contribution is -0.133. The van der Waals surface area contributed by atoms with Gasteiger partial charge in [-0.1, -0.05) is 29.8 Å². The van der Waals surface area contributed by atoms with E-state index in [0.29, 0.717) is 22.0 Å². The lowest BCUT2D eigenvalue weighted by Crippen LogP contribution is -2.36. The van der Waals surface area contributed by atoms with Crippen LogP contribution in [0, 0.1) is 5.82 Å². The molecule has 0 bridgehead atoms. The number of nitrogens with one attached hydrogen (secondary N) is 1. The number of amides is 2. The van der Waals surface area contributed by atoms with Crippen LogP contribution in [0.2, 0.25) is 5.02 Å². The molecule has 132 valence electrons. The van der Waals surface area contributed by atoms with Gasteiger partial charge in [-0.25, -0.2) is 4.39 Å². The third-order valence-electron chi connectivity index (χ3n) is 3.53. The van der Waals surface area contributed by atoms with Crippen LogP contribution in [0.25, 0.3) is 0 Å². The van der Waals surface area contributed by atoms with Gasteiger partial charge in [-0.15, -0.1) is 0 Å².